The van der Waals surface area contributed by atoms with Crippen LogP contribution in [0.25, 0.3) is 0 Å². The smallest absolute Gasteiger partial charge is 0.0797 e. The van der Waals surface area contributed by atoms with Gasteiger partial charge in [0.15, 0.2) is 0 Å². The van der Waals surface area contributed by atoms with Crippen molar-refractivity contribution in [3.8, 4) is 0 Å². The van der Waals surface area contributed by atoms with Gasteiger partial charge in [0, 0.05) is 23.5 Å². The van der Waals surface area contributed by atoms with E-state index < -0.39 is 0 Å². The maximum Gasteiger partial charge on any atom is 0.0797 e. The van der Waals surface area contributed by atoms with Crippen molar-refractivity contribution in [1.29, 1.82) is 0 Å². The Labute approximate surface area is 113 Å². The molecule has 0 aliphatic rings. The number of benzene rings is 1. The fourth-order valence-corrected chi connectivity index (χ4v) is 2.82. The molecule has 0 fully saturated rings. The van der Waals surface area contributed by atoms with Crippen LogP contribution in [0.15, 0.2) is 29.8 Å². The lowest BCUT2D eigenvalue weighted by molar-refractivity contribution is 0.864. The van der Waals surface area contributed by atoms with Gasteiger partial charge < -0.3 is 5.32 Å². The molecule has 0 aliphatic carbocycles. The van der Waals surface area contributed by atoms with Crippen LogP contribution in [0.2, 0.25) is 0 Å². The Hall–Kier alpha value is -1.35. The van der Waals surface area contributed by atoms with Crippen LogP contribution < -0.4 is 5.32 Å². The van der Waals surface area contributed by atoms with E-state index in [1.165, 1.54) is 21.8 Å². The molecule has 18 heavy (non-hydrogen) atoms. The Morgan fingerprint density at radius 3 is 2.72 bits per heavy atom. The quantitative estimate of drug-likeness (QED) is 0.870. The minimum absolute atomic E-state index is 0.554. The number of anilines is 1. The van der Waals surface area contributed by atoms with Crippen molar-refractivity contribution >= 4 is 17.0 Å². The van der Waals surface area contributed by atoms with Crippen molar-refractivity contribution in [3.05, 3.63) is 45.9 Å². The third-order valence-corrected chi connectivity index (χ3v) is 4.09. The van der Waals surface area contributed by atoms with Crippen LogP contribution in [0.3, 0.4) is 0 Å². The molecule has 0 bridgehead atoms. The molecule has 0 aliphatic heterocycles. The van der Waals surface area contributed by atoms with Crippen LogP contribution in [-0.2, 0) is 6.42 Å². The Morgan fingerprint density at radius 1 is 1.28 bits per heavy atom. The highest BCUT2D eigenvalue weighted by Gasteiger charge is 2.06. The lowest BCUT2D eigenvalue weighted by atomic mass is 10.0. The lowest BCUT2D eigenvalue weighted by Crippen LogP contribution is -2.07. The van der Waals surface area contributed by atoms with Crippen molar-refractivity contribution in [1.82, 2.24) is 4.98 Å². The third kappa shape index (κ3) is 3.10. The van der Waals surface area contributed by atoms with Crippen molar-refractivity contribution in [3.63, 3.8) is 0 Å². The molecule has 0 amide bonds. The zero-order valence-electron chi connectivity index (χ0n) is 11.2. The molecule has 1 N–H and O–H groups in total. The number of thiazole rings is 1. The van der Waals surface area contributed by atoms with E-state index in [0.29, 0.717) is 5.92 Å². The molecule has 3 heteroatoms. The summed E-state index contributed by atoms with van der Waals surface area (Å²) in [6.45, 7) is 7.50. The second kappa shape index (κ2) is 6.01. The summed E-state index contributed by atoms with van der Waals surface area (Å²) in [6, 6.07) is 8.56. The minimum Gasteiger partial charge on any atom is -0.384 e. The molecule has 96 valence electrons. The first-order chi connectivity index (χ1) is 8.68. The monoisotopic (exact) mass is 260 g/mol. The highest BCUT2D eigenvalue weighted by atomic mass is 32.1. The van der Waals surface area contributed by atoms with E-state index in [1.54, 1.807) is 11.3 Å². The predicted molar refractivity (Wildman–Crippen MR) is 79.6 cm³/mol. The standard InChI is InChI=1S/C15H20N2S/c1-11(2)13-6-4-5-7-14(13)16-9-8-15-12(3)17-10-18-15/h4-7,10-11,16H,8-9H2,1-3H3. The van der Waals surface area contributed by atoms with E-state index >= 15 is 0 Å². The summed E-state index contributed by atoms with van der Waals surface area (Å²) < 4.78 is 0. The van der Waals surface area contributed by atoms with Gasteiger partial charge in [-0.05, 0) is 24.5 Å². The van der Waals surface area contributed by atoms with Crippen LogP contribution in [0.5, 0.6) is 0 Å². The van der Waals surface area contributed by atoms with Crippen LogP contribution >= 0.6 is 11.3 Å². The molecule has 0 unspecified atom stereocenters. The molecule has 0 spiro atoms. The van der Waals surface area contributed by atoms with Crippen LogP contribution in [0.4, 0.5) is 5.69 Å². The van der Waals surface area contributed by atoms with Crippen molar-refractivity contribution in [2.45, 2.75) is 33.1 Å². The first kappa shape index (κ1) is 13.1. The van der Waals surface area contributed by atoms with E-state index in [9.17, 15) is 0 Å². The van der Waals surface area contributed by atoms with Crippen LogP contribution in [0, 0.1) is 6.92 Å². The number of hydrogen-bond donors (Lipinski definition) is 1. The summed E-state index contributed by atoms with van der Waals surface area (Å²) >= 11 is 1.74. The largest absolute Gasteiger partial charge is 0.384 e. The maximum atomic E-state index is 4.28. The number of para-hydroxylation sites is 1. The van der Waals surface area contributed by atoms with Gasteiger partial charge in [0.05, 0.1) is 11.2 Å². The van der Waals surface area contributed by atoms with Gasteiger partial charge >= 0.3 is 0 Å². The van der Waals surface area contributed by atoms with Gasteiger partial charge in [0.25, 0.3) is 0 Å². The second-order valence-electron chi connectivity index (χ2n) is 4.78. The summed E-state index contributed by atoms with van der Waals surface area (Å²) in [5, 5.41) is 3.54. The summed E-state index contributed by atoms with van der Waals surface area (Å²) in [4.78, 5) is 5.66. The van der Waals surface area contributed by atoms with Gasteiger partial charge in [-0.2, -0.15) is 0 Å². The molecular weight excluding hydrogens is 240 g/mol. The molecule has 1 aromatic carbocycles. The molecular formula is C15H20N2S. The average molecular weight is 260 g/mol. The zero-order chi connectivity index (χ0) is 13.0. The number of nitrogens with one attached hydrogen (secondary N) is 1. The van der Waals surface area contributed by atoms with Gasteiger partial charge in [0.2, 0.25) is 0 Å². The van der Waals surface area contributed by atoms with E-state index in [2.05, 4.69) is 55.3 Å². The average Bonchev–Trinajstić information content (AvgIpc) is 2.76. The summed E-state index contributed by atoms with van der Waals surface area (Å²) in [6.07, 6.45) is 1.04. The number of rotatable bonds is 5. The van der Waals surface area contributed by atoms with Crippen LogP contribution in [0.1, 0.15) is 35.9 Å². The van der Waals surface area contributed by atoms with Crippen molar-refractivity contribution in [2.24, 2.45) is 0 Å². The van der Waals surface area contributed by atoms with Crippen LogP contribution in [-0.4, -0.2) is 11.5 Å². The van der Waals surface area contributed by atoms with Gasteiger partial charge in [-0.15, -0.1) is 11.3 Å². The molecule has 0 radical (unpaired) electrons. The minimum atomic E-state index is 0.554. The highest BCUT2D eigenvalue weighted by Crippen LogP contribution is 2.23. The highest BCUT2D eigenvalue weighted by molar-refractivity contribution is 7.09. The van der Waals surface area contributed by atoms with E-state index in [0.717, 1.165) is 13.0 Å². The third-order valence-electron chi connectivity index (χ3n) is 3.10. The van der Waals surface area contributed by atoms with Gasteiger partial charge in [-0.3, -0.25) is 0 Å². The Morgan fingerprint density at radius 2 is 2.06 bits per heavy atom. The van der Waals surface area contributed by atoms with E-state index in [4.69, 9.17) is 0 Å². The van der Waals surface area contributed by atoms with Gasteiger partial charge in [-0.1, -0.05) is 32.0 Å². The first-order valence-corrected chi connectivity index (χ1v) is 7.28. The number of nitrogens with zero attached hydrogens (tertiary/aromatic N) is 1. The van der Waals surface area contributed by atoms with E-state index in [1.807, 2.05) is 5.51 Å². The fraction of sp³-hybridized carbons (Fsp3) is 0.400. The van der Waals surface area contributed by atoms with Gasteiger partial charge in [0.1, 0.15) is 0 Å². The molecule has 2 nitrogen and oxygen atoms in total. The summed E-state index contributed by atoms with van der Waals surface area (Å²) in [5.41, 5.74) is 5.74. The molecule has 0 atom stereocenters. The first-order valence-electron chi connectivity index (χ1n) is 6.40. The lowest BCUT2D eigenvalue weighted by Gasteiger charge is -2.14. The summed E-state index contributed by atoms with van der Waals surface area (Å²) in [7, 11) is 0. The fourth-order valence-electron chi connectivity index (χ4n) is 2.04. The Kier molecular flexibility index (Phi) is 4.37. The van der Waals surface area contributed by atoms with Crippen molar-refractivity contribution in [2.75, 3.05) is 11.9 Å². The SMILES string of the molecule is Cc1ncsc1CCNc1ccccc1C(C)C. The number of hydrogen-bond acceptors (Lipinski definition) is 3. The number of aryl methyl sites for hydroxylation is 1. The topological polar surface area (TPSA) is 24.9 Å². The van der Waals surface area contributed by atoms with Gasteiger partial charge in [-0.25, -0.2) is 4.98 Å². The zero-order valence-corrected chi connectivity index (χ0v) is 12.1. The molecule has 2 aromatic rings. The summed E-state index contributed by atoms with van der Waals surface area (Å²) in [5.74, 6) is 0.554. The second-order valence-corrected chi connectivity index (χ2v) is 5.72. The molecule has 1 aromatic heterocycles. The maximum absolute atomic E-state index is 4.28. The van der Waals surface area contributed by atoms with Crippen molar-refractivity contribution < 1.29 is 0 Å². The molecule has 0 saturated heterocycles. The molecule has 0 saturated carbocycles. The van der Waals surface area contributed by atoms with E-state index in [-0.39, 0.29) is 0 Å². The Bertz CT molecular complexity index is 503. The molecule has 2 rings (SSSR count). The normalized spacial score (nSPS) is 10.9. The number of aromatic nitrogens is 1. The molecule has 1 heterocycles. The Balaban J connectivity index is 1.96. The predicted octanol–water partition coefficient (Wildman–Crippen LogP) is 4.23.